The van der Waals surface area contributed by atoms with E-state index in [0.29, 0.717) is 63.3 Å². The van der Waals surface area contributed by atoms with Crippen molar-refractivity contribution >= 4 is 17.4 Å². The maximum atomic E-state index is 14.2. The van der Waals surface area contributed by atoms with Crippen LogP contribution in [0.1, 0.15) is 42.7 Å². The normalized spacial score (nSPS) is 18.0. The quantitative estimate of drug-likeness (QED) is 0.329. The van der Waals surface area contributed by atoms with Gasteiger partial charge in [0.15, 0.2) is 28.8 Å². The number of carbonyl (C=O) groups excluding carboxylic acids is 2. The maximum Gasteiger partial charge on any atom is 0.254 e. The standard InChI is InChI=1S/C34H36N2O7/c1-19-30(34(38)36-23-11-7-8-12-26(23)39-2)31(22-10-9-13-28(41-4)33(22)43-6)32-24(35-19)16-21(17-25(32)37)20-14-15-27(40-3)29(18-20)42-5/h7-15,18,21,31,35H,16-17H2,1-6H3,(H,36,38)/t21-,31-/m1/s1. The summed E-state index contributed by atoms with van der Waals surface area (Å²) in [7, 11) is 7.85. The molecule has 0 unspecified atom stereocenters. The fraction of sp³-hybridized carbons (Fsp3) is 0.294. The van der Waals surface area contributed by atoms with Crippen molar-refractivity contribution in [1.82, 2.24) is 5.32 Å². The maximum absolute atomic E-state index is 14.2. The molecular formula is C34H36N2O7. The highest BCUT2D eigenvalue weighted by Crippen LogP contribution is 2.50. The largest absolute Gasteiger partial charge is 0.495 e. The van der Waals surface area contributed by atoms with Gasteiger partial charge in [0.05, 0.1) is 47.2 Å². The summed E-state index contributed by atoms with van der Waals surface area (Å²) in [6.45, 7) is 1.85. The number of ketones is 1. The summed E-state index contributed by atoms with van der Waals surface area (Å²) < 4.78 is 27.8. The van der Waals surface area contributed by atoms with E-state index in [1.165, 1.54) is 0 Å². The molecule has 5 rings (SSSR count). The summed E-state index contributed by atoms with van der Waals surface area (Å²) >= 11 is 0. The molecule has 0 saturated heterocycles. The van der Waals surface area contributed by atoms with Gasteiger partial charge < -0.3 is 34.3 Å². The molecule has 43 heavy (non-hydrogen) atoms. The summed E-state index contributed by atoms with van der Waals surface area (Å²) in [5, 5.41) is 6.43. The van der Waals surface area contributed by atoms with Gasteiger partial charge in [-0.3, -0.25) is 9.59 Å². The second-order valence-electron chi connectivity index (χ2n) is 10.4. The molecule has 9 heteroatoms. The Labute approximate surface area is 251 Å². The number of hydrogen-bond acceptors (Lipinski definition) is 8. The number of hydrogen-bond donors (Lipinski definition) is 2. The van der Waals surface area contributed by atoms with E-state index in [9.17, 15) is 9.59 Å². The van der Waals surface area contributed by atoms with Crippen LogP contribution in [-0.4, -0.2) is 47.2 Å². The van der Waals surface area contributed by atoms with E-state index in [2.05, 4.69) is 10.6 Å². The molecule has 3 aromatic carbocycles. The summed E-state index contributed by atoms with van der Waals surface area (Å²) in [4.78, 5) is 28.2. The lowest BCUT2D eigenvalue weighted by Crippen LogP contribution is -2.37. The molecule has 224 valence electrons. The van der Waals surface area contributed by atoms with Crippen LogP contribution in [-0.2, 0) is 9.59 Å². The predicted molar refractivity (Wildman–Crippen MR) is 163 cm³/mol. The number of dihydropyridines is 1. The topological polar surface area (TPSA) is 104 Å². The van der Waals surface area contributed by atoms with Gasteiger partial charge in [-0.25, -0.2) is 0 Å². The van der Waals surface area contributed by atoms with Gasteiger partial charge in [-0.05, 0) is 55.2 Å². The van der Waals surface area contributed by atoms with Crippen molar-refractivity contribution in [3.8, 4) is 28.7 Å². The molecule has 2 atom stereocenters. The Hall–Kier alpha value is -4.92. The third-order valence-electron chi connectivity index (χ3n) is 8.05. The number of allylic oxidation sites excluding steroid dienone is 3. The number of Topliss-reactive ketones (excluding diaryl/α,β-unsaturated/α-hetero) is 1. The van der Waals surface area contributed by atoms with Gasteiger partial charge in [-0.2, -0.15) is 0 Å². The van der Waals surface area contributed by atoms with Crippen LogP contribution in [0.4, 0.5) is 5.69 Å². The molecule has 0 spiro atoms. The van der Waals surface area contributed by atoms with Crippen LogP contribution in [0, 0.1) is 0 Å². The van der Waals surface area contributed by atoms with Gasteiger partial charge in [-0.15, -0.1) is 0 Å². The smallest absolute Gasteiger partial charge is 0.254 e. The zero-order valence-corrected chi connectivity index (χ0v) is 25.2. The zero-order valence-electron chi connectivity index (χ0n) is 25.2. The summed E-state index contributed by atoms with van der Waals surface area (Å²) in [6, 6.07) is 18.4. The van der Waals surface area contributed by atoms with Crippen LogP contribution in [0.15, 0.2) is 83.2 Å². The van der Waals surface area contributed by atoms with E-state index in [4.69, 9.17) is 23.7 Å². The molecule has 1 aliphatic heterocycles. The number of methoxy groups -OCH3 is 5. The minimum Gasteiger partial charge on any atom is -0.495 e. The average molecular weight is 585 g/mol. The Morgan fingerprint density at radius 1 is 0.791 bits per heavy atom. The van der Waals surface area contributed by atoms with Crippen molar-refractivity contribution in [3.05, 3.63) is 94.3 Å². The number of carbonyl (C=O) groups is 2. The first-order valence-corrected chi connectivity index (χ1v) is 14.0. The van der Waals surface area contributed by atoms with Crippen molar-refractivity contribution in [2.45, 2.75) is 31.6 Å². The van der Waals surface area contributed by atoms with Gasteiger partial charge in [0, 0.05) is 34.5 Å². The first-order chi connectivity index (χ1) is 20.8. The van der Waals surface area contributed by atoms with Gasteiger partial charge in [0.2, 0.25) is 0 Å². The van der Waals surface area contributed by atoms with Gasteiger partial charge >= 0.3 is 0 Å². The summed E-state index contributed by atoms with van der Waals surface area (Å²) in [5.41, 5.74) is 4.52. The molecule has 3 aromatic rings. The number of rotatable bonds is 9. The molecule has 9 nitrogen and oxygen atoms in total. The second-order valence-corrected chi connectivity index (χ2v) is 10.4. The summed E-state index contributed by atoms with van der Waals surface area (Å²) in [5.74, 6) is 1.53. The first kappa shape index (κ1) is 29.6. The van der Waals surface area contributed by atoms with Gasteiger partial charge in [-0.1, -0.05) is 30.3 Å². The molecule has 0 radical (unpaired) electrons. The van der Waals surface area contributed by atoms with Crippen molar-refractivity contribution in [1.29, 1.82) is 0 Å². The Morgan fingerprint density at radius 3 is 2.19 bits per heavy atom. The SMILES string of the molecule is COc1ccccc1NC(=O)C1=C(C)NC2=C(C(=O)C[C@H](c3ccc(OC)c(OC)c3)C2)[C@@H]1c1cccc(OC)c1OC. The molecule has 1 aliphatic carbocycles. The molecule has 2 aliphatic rings. The van der Waals surface area contributed by atoms with Gasteiger partial charge in [0.1, 0.15) is 5.75 Å². The van der Waals surface area contributed by atoms with Crippen LogP contribution in [0.3, 0.4) is 0 Å². The highest BCUT2D eigenvalue weighted by Gasteiger charge is 2.42. The van der Waals surface area contributed by atoms with E-state index in [1.54, 1.807) is 53.7 Å². The lowest BCUT2D eigenvalue weighted by molar-refractivity contribution is -0.116. The van der Waals surface area contributed by atoms with Gasteiger partial charge in [0.25, 0.3) is 5.91 Å². The van der Waals surface area contributed by atoms with Crippen molar-refractivity contribution in [2.24, 2.45) is 0 Å². The fourth-order valence-electron chi connectivity index (χ4n) is 6.07. The van der Waals surface area contributed by atoms with Crippen molar-refractivity contribution in [3.63, 3.8) is 0 Å². The number of nitrogens with one attached hydrogen (secondary N) is 2. The van der Waals surface area contributed by atoms with Crippen LogP contribution >= 0.6 is 0 Å². The van der Waals surface area contributed by atoms with Crippen LogP contribution in [0.25, 0.3) is 0 Å². The summed E-state index contributed by atoms with van der Waals surface area (Å²) in [6.07, 6.45) is 0.831. The second kappa shape index (κ2) is 12.5. The number of para-hydroxylation sites is 3. The van der Waals surface area contributed by atoms with Crippen LogP contribution in [0.5, 0.6) is 28.7 Å². The molecule has 0 aromatic heterocycles. The van der Waals surface area contributed by atoms with E-state index in [0.717, 1.165) is 11.3 Å². The molecule has 2 N–H and O–H groups in total. The fourth-order valence-corrected chi connectivity index (χ4v) is 6.07. The minimum absolute atomic E-state index is 0.0569. The molecule has 1 amide bonds. The lowest BCUT2D eigenvalue weighted by atomic mass is 9.71. The molecule has 1 heterocycles. The molecule has 0 saturated carbocycles. The van der Waals surface area contributed by atoms with Crippen LogP contribution < -0.4 is 34.3 Å². The molecule has 0 bridgehead atoms. The average Bonchev–Trinajstić information content (AvgIpc) is 3.03. The van der Waals surface area contributed by atoms with Crippen molar-refractivity contribution in [2.75, 3.05) is 40.9 Å². The van der Waals surface area contributed by atoms with E-state index < -0.39 is 5.92 Å². The Kier molecular flexibility index (Phi) is 8.61. The Balaban J connectivity index is 1.61. The van der Waals surface area contributed by atoms with E-state index in [-0.39, 0.29) is 24.0 Å². The lowest BCUT2D eigenvalue weighted by Gasteiger charge is -2.37. The molecule has 0 fully saturated rings. The molecular weight excluding hydrogens is 548 g/mol. The third kappa shape index (κ3) is 5.50. The number of benzene rings is 3. The van der Waals surface area contributed by atoms with Crippen LogP contribution in [0.2, 0.25) is 0 Å². The third-order valence-corrected chi connectivity index (χ3v) is 8.05. The highest BCUT2D eigenvalue weighted by atomic mass is 16.5. The highest BCUT2D eigenvalue weighted by molar-refractivity contribution is 6.10. The predicted octanol–water partition coefficient (Wildman–Crippen LogP) is 5.73. The Morgan fingerprint density at radius 2 is 1.49 bits per heavy atom. The number of anilines is 1. The van der Waals surface area contributed by atoms with E-state index >= 15 is 0 Å². The minimum atomic E-state index is -0.699. The number of ether oxygens (including phenoxy) is 5. The Bertz CT molecular complexity index is 1620. The first-order valence-electron chi connectivity index (χ1n) is 14.0. The number of amides is 1. The monoisotopic (exact) mass is 584 g/mol. The van der Waals surface area contributed by atoms with Crippen molar-refractivity contribution < 1.29 is 33.3 Å². The van der Waals surface area contributed by atoms with E-state index in [1.807, 2.05) is 49.4 Å². The zero-order chi connectivity index (χ0) is 30.7.